The number of rotatable bonds is 11. The van der Waals surface area contributed by atoms with Crippen LogP contribution in [0.15, 0.2) is 46.8 Å². The van der Waals surface area contributed by atoms with Crippen LogP contribution in [0.2, 0.25) is 0 Å². The maximum absolute atomic E-state index is 12.9. The summed E-state index contributed by atoms with van der Waals surface area (Å²) < 4.78 is 29.4. The van der Waals surface area contributed by atoms with Crippen LogP contribution in [0, 0.1) is 5.82 Å². The van der Waals surface area contributed by atoms with Crippen molar-refractivity contribution in [3.05, 3.63) is 59.4 Å². The molecule has 0 aliphatic heterocycles. The molecule has 0 fully saturated rings. The molecule has 3 rings (SSSR count). The number of nitrogens with one attached hydrogen (secondary N) is 2. The molecule has 0 spiro atoms. The number of amides is 2. The van der Waals surface area contributed by atoms with E-state index >= 15 is 0 Å². The number of carbonyl (C=O) groups is 2. The summed E-state index contributed by atoms with van der Waals surface area (Å²) in [6.45, 7) is 0.301. The van der Waals surface area contributed by atoms with Crippen molar-refractivity contribution < 1.29 is 28.2 Å². The number of halogens is 1. The Morgan fingerprint density at radius 2 is 1.74 bits per heavy atom. The fourth-order valence-electron chi connectivity index (χ4n) is 2.82. The number of carbonyl (C=O) groups excluding carboxylic acids is 2. The molecule has 1 heterocycles. The highest BCUT2D eigenvalue weighted by atomic mass is 32.2. The van der Waals surface area contributed by atoms with Crippen LogP contribution in [0.5, 0.6) is 17.2 Å². The molecular formula is C23H23FN4O5S2. The number of aromatic nitrogens is 2. The van der Waals surface area contributed by atoms with Gasteiger partial charge in [-0.3, -0.25) is 14.9 Å². The largest absolute Gasteiger partial charge is 0.493 e. The summed E-state index contributed by atoms with van der Waals surface area (Å²) in [5.41, 5.74) is 1.47. The molecule has 1 aromatic heterocycles. The van der Waals surface area contributed by atoms with Crippen molar-refractivity contribution in [3.63, 3.8) is 0 Å². The molecule has 2 aromatic carbocycles. The standard InChI is InChI=1S/C23H23FN4O5S2/c1-31-17-10-15(11-18(32-2)21(17)33-3)6-9-19(29)26-22-27-28-23(35-22)34-13-20(30)25-12-14-4-7-16(24)8-5-14/h4-11H,12-13H2,1-3H3,(H,25,30)(H,26,27,29)/b9-6+. The molecule has 3 aromatic rings. The maximum Gasteiger partial charge on any atom is 0.250 e. The zero-order valence-corrected chi connectivity index (χ0v) is 20.8. The minimum Gasteiger partial charge on any atom is -0.493 e. The monoisotopic (exact) mass is 518 g/mol. The van der Waals surface area contributed by atoms with Crippen LogP contribution in [0.1, 0.15) is 11.1 Å². The van der Waals surface area contributed by atoms with Crippen LogP contribution in [0.3, 0.4) is 0 Å². The average molecular weight is 519 g/mol. The van der Waals surface area contributed by atoms with Crippen LogP contribution in [0.4, 0.5) is 9.52 Å². The predicted molar refractivity (Wildman–Crippen MR) is 133 cm³/mol. The lowest BCUT2D eigenvalue weighted by atomic mass is 10.1. The first-order chi connectivity index (χ1) is 16.9. The number of hydrogen-bond acceptors (Lipinski definition) is 9. The fourth-order valence-corrected chi connectivity index (χ4v) is 4.40. The third-order valence-electron chi connectivity index (χ3n) is 4.48. The third kappa shape index (κ3) is 7.69. The lowest BCUT2D eigenvalue weighted by molar-refractivity contribution is -0.118. The van der Waals surface area contributed by atoms with E-state index in [4.69, 9.17) is 14.2 Å². The zero-order chi connectivity index (χ0) is 25.2. The van der Waals surface area contributed by atoms with Crippen molar-refractivity contribution in [3.8, 4) is 17.2 Å². The van der Waals surface area contributed by atoms with Gasteiger partial charge in [-0.2, -0.15) is 0 Å². The highest BCUT2D eigenvalue weighted by Gasteiger charge is 2.13. The van der Waals surface area contributed by atoms with E-state index in [1.807, 2.05) is 0 Å². The van der Waals surface area contributed by atoms with Crippen LogP contribution >= 0.6 is 23.1 Å². The van der Waals surface area contributed by atoms with Crippen LogP contribution < -0.4 is 24.8 Å². The van der Waals surface area contributed by atoms with E-state index in [2.05, 4.69) is 20.8 Å². The summed E-state index contributed by atoms with van der Waals surface area (Å²) in [6, 6.07) is 9.33. The van der Waals surface area contributed by atoms with E-state index in [9.17, 15) is 14.0 Å². The van der Waals surface area contributed by atoms with E-state index in [0.717, 1.165) is 16.9 Å². The summed E-state index contributed by atoms with van der Waals surface area (Å²) >= 11 is 2.35. The van der Waals surface area contributed by atoms with E-state index < -0.39 is 5.91 Å². The fraction of sp³-hybridized carbons (Fsp3) is 0.217. The molecule has 0 saturated carbocycles. The Morgan fingerprint density at radius 1 is 1.06 bits per heavy atom. The molecule has 0 atom stereocenters. The molecule has 2 amide bonds. The smallest absolute Gasteiger partial charge is 0.250 e. The molecule has 2 N–H and O–H groups in total. The molecular weight excluding hydrogens is 495 g/mol. The van der Waals surface area contributed by atoms with Crippen LogP contribution in [-0.4, -0.2) is 49.1 Å². The molecule has 35 heavy (non-hydrogen) atoms. The lowest BCUT2D eigenvalue weighted by Crippen LogP contribution is -2.24. The van der Waals surface area contributed by atoms with Gasteiger partial charge in [0.05, 0.1) is 27.1 Å². The Morgan fingerprint density at radius 3 is 2.37 bits per heavy atom. The molecule has 184 valence electrons. The van der Waals surface area contributed by atoms with Crippen molar-refractivity contribution in [2.45, 2.75) is 10.9 Å². The predicted octanol–water partition coefficient (Wildman–Crippen LogP) is 3.76. The number of hydrogen-bond donors (Lipinski definition) is 2. The van der Waals surface area contributed by atoms with Gasteiger partial charge in [0.2, 0.25) is 22.7 Å². The van der Waals surface area contributed by atoms with Gasteiger partial charge in [0.15, 0.2) is 15.8 Å². The van der Waals surface area contributed by atoms with Crippen molar-refractivity contribution in [1.29, 1.82) is 0 Å². The number of thioether (sulfide) groups is 1. The molecule has 0 aliphatic rings. The third-order valence-corrected chi connectivity index (χ3v) is 6.45. The zero-order valence-electron chi connectivity index (χ0n) is 19.2. The van der Waals surface area contributed by atoms with E-state index in [1.54, 1.807) is 30.3 Å². The Bertz CT molecular complexity index is 1180. The summed E-state index contributed by atoms with van der Waals surface area (Å²) in [5.74, 6) is 0.604. The van der Waals surface area contributed by atoms with Crippen molar-refractivity contribution in [1.82, 2.24) is 15.5 Å². The second-order valence-electron chi connectivity index (χ2n) is 6.85. The Kier molecular flexibility index (Phi) is 9.44. The van der Waals surface area contributed by atoms with Crippen LogP contribution in [0.25, 0.3) is 6.08 Å². The lowest BCUT2D eigenvalue weighted by Gasteiger charge is -2.12. The number of benzene rings is 2. The number of anilines is 1. The quantitative estimate of drug-likeness (QED) is 0.224. The van der Waals surface area contributed by atoms with Crippen molar-refractivity contribution >= 4 is 46.1 Å². The second-order valence-corrected chi connectivity index (χ2v) is 9.05. The average Bonchev–Trinajstić information content (AvgIpc) is 3.32. The molecule has 0 saturated heterocycles. The normalized spacial score (nSPS) is 10.7. The molecule has 9 nitrogen and oxygen atoms in total. The van der Waals surface area contributed by atoms with Crippen molar-refractivity contribution in [2.24, 2.45) is 0 Å². The van der Waals surface area contributed by atoms with Gasteiger partial charge < -0.3 is 19.5 Å². The summed E-state index contributed by atoms with van der Waals surface area (Å²) in [6.07, 6.45) is 2.94. The van der Waals surface area contributed by atoms with Gasteiger partial charge in [-0.1, -0.05) is 35.2 Å². The Hall–Kier alpha value is -3.64. The summed E-state index contributed by atoms with van der Waals surface area (Å²) in [4.78, 5) is 24.3. The van der Waals surface area contributed by atoms with Gasteiger partial charge in [-0.25, -0.2) is 4.39 Å². The van der Waals surface area contributed by atoms with Crippen molar-refractivity contribution in [2.75, 3.05) is 32.4 Å². The number of nitrogens with zero attached hydrogens (tertiary/aromatic N) is 2. The van der Waals surface area contributed by atoms with Gasteiger partial charge >= 0.3 is 0 Å². The van der Waals surface area contributed by atoms with E-state index in [0.29, 0.717) is 38.8 Å². The van der Waals surface area contributed by atoms with Gasteiger partial charge in [-0.05, 0) is 41.5 Å². The van der Waals surface area contributed by atoms with Gasteiger partial charge in [0.25, 0.3) is 0 Å². The van der Waals surface area contributed by atoms with E-state index in [1.165, 1.54) is 51.3 Å². The van der Waals surface area contributed by atoms with E-state index in [-0.39, 0.29) is 17.5 Å². The first-order valence-corrected chi connectivity index (χ1v) is 12.0. The minimum absolute atomic E-state index is 0.130. The first-order valence-electron chi connectivity index (χ1n) is 10.2. The molecule has 0 radical (unpaired) electrons. The number of methoxy groups -OCH3 is 3. The minimum atomic E-state index is -0.400. The van der Waals surface area contributed by atoms with Crippen LogP contribution in [-0.2, 0) is 16.1 Å². The first kappa shape index (κ1) is 26.0. The van der Waals surface area contributed by atoms with Gasteiger partial charge in [-0.15, -0.1) is 10.2 Å². The SMILES string of the molecule is COc1cc(/C=C/C(=O)Nc2nnc(SCC(=O)NCc3ccc(F)cc3)s2)cc(OC)c1OC. The van der Waals surface area contributed by atoms with Gasteiger partial charge in [0.1, 0.15) is 5.82 Å². The summed E-state index contributed by atoms with van der Waals surface area (Å²) in [7, 11) is 4.54. The topological polar surface area (TPSA) is 112 Å². The molecule has 0 bridgehead atoms. The molecule has 0 unspecified atom stereocenters. The molecule has 0 aliphatic carbocycles. The highest BCUT2D eigenvalue weighted by Crippen LogP contribution is 2.38. The van der Waals surface area contributed by atoms with Gasteiger partial charge in [0, 0.05) is 12.6 Å². The molecule has 12 heteroatoms. The second kappa shape index (κ2) is 12.7. The summed E-state index contributed by atoms with van der Waals surface area (Å²) in [5, 5.41) is 13.6. The Balaban J connectivity index is 1.49. The maximum atomic E-state index is 12.9. The Labute approximate surface area is 209 Å². The number of ether oxygens (including phenoxy) is 3. The highest BCUT2D eigenvalue weighted by molar-refractivity contribution is 8.01.